The molecule has 84 valence electrons. The van der Waals surface area contributed by atoms with Crippen LogP contribution in [0.15, 0.2) is 37.0 Å². The third kappa shape index (κ3) is 3.60. The normalized spacial score (nSPS) is 24.3. The number of allylic oxidation sites excluding steroid dienone is 4. The molecule has 4 nitrogen and oxygen atoms in total. The van der Waals surface area contributed by atoms with E-state index in [9.17, 15) is 15.3 Å². The van der Waals surface area contributed by atoms with Crippen LogP contribution < -0.4 is 0 Å². The Balaban J connectivity index is 2.54. The fraction of sp³-hybridized carbons (Fsp3) is 0.455. The Labute approximate surface area is 89.5 Å². The van der Waals surface area contributed by atoms with Crippen LogP contribution in [0.4, 0.5) is 0 Å². The third-order valence-corrected chi connectivity index (χ3v) is 2.31. The summed E-state index contributed by atoms with van der Waals surface area (Å²) in [7, 11) is 0. The summed E-state index contributed by atoms with van der Waals surface area (Å²) in [6, 6.07) is 0. The molecule has 1 rings (SSSR count). The molecule has 0 bridgehead atoms. The van der Waals surface area contributed by atoms with Gasteiger partial charge in [-0.3, -0.25) is 0 Å². The van der Waals surface area contributed by atoms with Gasteiger partial charge in [0.15, 0.2) is 0 Å². The highest BCUT2D eigenvalue weighted by molar-refractivity contribution is 5.11. The molecule has 0 radical (unpaired) electrons. The minimum absolute atomic E-state index is 0.280. The molecule has 1 atom stereocenters. The van der Waals surface area contributed by atoms with Gasteiger partial charge in [-0.05, 0) is 12.5 Å². The van der Waals surface area contributed by atoms with Gasteiger partial charge in [0.1, 0.15) is 0 Å². The molecule has 15 heavy (non-hydrogen) atoms. The van der Waals surface area contributed by atoms with Crippen molar-refractivity contribution in [2.24, 2.45) is 0 Å². The molecule has 0 aliphatic carbocycles. The summed E-state index contributed by atoms with van der Waals surface area (Å²) in [5.41, 5.74) is 0. The molecule has 1 aliphatic heterocycles. The zero-order chi connectivity index (χ0) is 11.3. The molecule has 0 aromatic heterocycles. The maximum atomic E-state index is 9.66. The molecule has 0 saturated carbocycles. The fourth-order valence-corrected chi connectivity index (χ4v) is 1.47. The van der Waals surface area contributed by atoms with Crippen LogP contribution in [0.1, 0.15) is 6.42 Å². The Hall–Kier alpha value is -0.940. The first-order valence-corrected chi connectivity index (χ1v) is 4.91. The topological polar surface area (TPSA) is 63.9 Å². The Morgan fingerprint density at radius 2 is 2.00 bits per heavy atom. The fourth-order valence-electron chi connectivity index (χ4n) is 1.47. The van der Waals surface area contributed by atoms with Crippen molar-refractivity contribution in [3.8, 4) is 0 Å². The number of aliphatic hydroxyl groups excluding tert-OH is 1. The van der Waals surface area contributed by atoms with Gasteiger partial charge in [-0.2, -0.15) is 0 Å². The molecule has 4 heteroatoms. The van der Waals surface area contributed by atoms with Crippen LogP contribution in [-0.2, 0) is 0 Å². The van der Waals surface area contributed by atoms with Gasteiger partial charge in [-0.25, -0.2) is 4.90 Å². The maximum absolute atomic E-state index is 9.66. The summed E-state index contributed by atoms with van der Waals surface area (Å²) in [4.78, 5) is 1.41. The number of hydrogen-bond donors (Lipinski definition) is 3. The summed E-state index contributed by atoms with van der Waals surface area (Å²) in [5.74, 6) is -1.98. The second-order valence-electron chi connectivity index (χ2n) is 3.56. The third-order valence-electron chi connectivity index (χ3n) is 2.31. The lowest BCUT2D eigenvalue weighted by Crippen LogP contribution is -2.46. The standard InChI is InChI=1S/C11H17NO3/c1-2-3-4-5-7-11(14,15)12-8-6-10(13)9-12/h2-5,7,10,13-15H,1,6,8-9H2/b4-3-,7-5+. The van der Waals surface area contributed by atoms with Gasteiger partial charge >= 0.3 is 0 Å². The Morgan fingerprint density at radius 1 is 1.27 bits per heavy atom. The van der Waals surface area contributed by atoms with Crippen LogP contribution in [0.25, 0.3) is 0 Å². The van der Waals surface area contributed by atoms with E-state index in [4.69, 9.17) is 0 Å². The second-order valence-corrected chi connectivity index (χ2v) is 3.56. The van der Waals surface area contributed by atoms with Gasteiger partial charge in [-0.1, -0.05) is 30.9 Å². The highest BCUT2D eigenvalue weighted by atomic mass is 16.5. The van der Waals surface area contributed by atoms with Crippen molar-refractivity contribution in [2.45, 2.75) is 18.4 Å². The number of rotatable bonds is 4. The minimum Gasteiger partial charge on any atom is -0.392 e. The highest BCUT2D eigenvalue weighted by Crippen LogP contribution is 2.18. The van der Waals surface area contributed by atoms with Crippen LogP contribution in [-0.4, -0.2) is 45.3 Å². The first kappa shape index (κ1) is 12.1. The van der Waals surface area contributed by atoms with E-state index in [0.717, 1.165) is 0 Å². The van der Waals surface area contributed by atoms with Crippen molar-refractivity contribution in [1.82, 2.24) is 4.90 Å². The lowest BCUT2D eigenvalue weighted by molar-refractivity contribution is -0.221. The van der Waals surface area contributed by atoms with E-state index in [0.29, 0.717) is 13.0 Å². The average molecular weight is 211 g/mol. The van der Waals surface area contributed by atoms with Gasteiger partial charge in [0.25, 0.3) is 0 Å². The molecular formula is C11H17NO3. The summed E-state index contributed by atoms with van der Waals surface area (Å²) in [6.07, 6.45) is 7.84. The van der Waals surface area contributed by atoms with Gasteiger partial charge < -0.3 is 15.3 Å². The Kier molecular flexibility index (Phi) is 4.23. The zero-order valence-electron chi connectivity index (χ0n) is 8.58. The van der Waals surface area contributed by atoms with E-state index >= 15 is 0 Å². The van der Waals surface area contributed by atoms with E-state index in [1.165, 1.54) is 17.1 Å². The van der Waals surface area contributed by atoms with Crippen molar-refractivity contribution >= 4 is 0 Å². The summed E-state index contributed by atoms with van der Waals surface area (Å²) >= 11 is 0. The summed E-state index contributed by atoms with van der Waals surface area (Å²) in [6.45, 7) is 4.25. The van der Waals surface area contributed by atoms with Gasteiger partial charge in [0.05, 0.1) is 6.10 Å². The predicted molar refractivity (Wildman–Crippen MR) is 57.8 cm³/mol. The SMILES string of the molecule is C=C/C=C\C=C\C(O)(O)N1CCC(O)C1. The van der Waals surface area contributed by atoms with Crippen molar-refractivity contribution in [3.63, 3.8) is 0 Å². The smallest absolute Gasteiger partial charge is 0.246 e. The molecule has 0 spiro atoms. The molecule has 0 aromatic rings. The van der Waals surface area contributed by atoms with E-state index < -0.39 is 12.0 Å². The molecule has 1 fully saturated rings. The molecule has 1 heterocycles. The minimum atomic E-state index is -1.98. The lowest BCUT2D eigenvalue weighted by Gasteiger charge is -2.28. The maximum Gasteiger partial charge on any atom is 0.246 e. The molecule has 3 N–H and O–H groups in total. The monoisotopic (exact) mass is 211 g/mol. The van der Waals surface area contributed by atoms with Crippen LogP contribution >= 0.6 is 0 Å². The first-order valence-electron chi connectivity index (χ1n) is 4.91. The number of aliphatic hydroxyl groups is 3. The first-order chi connectivity index (χ1) is 7.06. The van der Waals surface area contributed by atoms with Crippen molar-refractivity contribution in [3.05, 3.63) is 37.0 Å². The average Bonchev–Trinajstić information content (AvgIpc) is 2.60. The van der Waals surface area contributed by atoms with E-state index in [2.05, 4.69) is 6.58 Å². The predicted octanol–water partition coefficient (Wildman–Crippen LogP) is -0.0102. The van der Waals surface area contributed by atoms with Crippen molar-refractivity contribution in [1.29, 1.82) is 0 Å². The summed E-state index contributed by atoms with van der Waals surface area (Å²) in [5, 5.41) is 28.6. The van der Waals surface area contributed by atoms with Gasteiger partial charge in [0, 0.05) is 13.1 Å². The molecule has 1 aliphatic rings. The van der Waals surface area contributed by atoms with Gasteiger partial charge in [0.2, 0.25) is 5.91 Å². The van der Waals surface area contributed by atoms with Crippen LogP contribution in [0.3, 0.4) is 0 Å². The van der Waals surface area contributed by atoms with E-state index in [1.54, 1.807) is 18.2 Å². The quantitative estimate of drug-likeness (QED) is 0.452. The molecule has 0 aromatic carbocycles. The zero-order valence-corrected chi connectivity index (χ0v) is 8.58. The summed E-state index contributed by atoms with van der Waals surface area (Å²) < 4.78 is 0. The van der Waals surface area contributed by atoms with Crippen LogP contribution in [0, 0.1) is 0 Å². The highest BCUT2D eigenvalue weighted by Gasteiger charge is 2.34. The van der Waals surface area contributed by atoms with Crippen molar-refractivity contribution < 1.29 is 15.3 Å². The number of likely N-dealkylation sites (tertiary alicyclic amines) is 1. The van der Waals surface area contributed by atoms with Crippen LogP contribution in [0.2, 0.25) is 0 Å². The van der Waals surface area contributed by atoms with E-state index in [1.807, 2.05) is 0 Å². The van der Waals surface area contributed by atoms with Crippen molar-refractivity contribution in [2.75, 3.05) is 13.1 Å². The molecule has 1 unspecified atom stereocenters. The molecular weight excluding hydrogens is 194 g/mol. The van der Waals surface area contributed by atoms with E-state index in [-0.39, 0.29) is 6.54 Å². The molecule has 0 amide bonds. The Bertz CT molecular complexity index is 271. The number of nitrogens with zero attached hydrogens (tertiary/aromatic N) is 1. The number of hydrogen-bond acceptors (Lipinski definition) is 4. The van der Waals surface area contributed by atoms with Crippen LogP contribution in [0.5, 0.6) is 0 Å². The largest absolute Gasteiger partial charge is 0.392 e. The second kappa shape index (κ2) is 5.23. The molecule has 1 saturated heterocycles. The lowest BCUT2D eigenvalue weighted by atomic mass is 10.3. The Morgan fingerprint density at radius 3 is 2.53 bits per heavy atom. The van der Waals surface area contributed by atoms with Gasteiger partial charge in [-0.15, -0.1) is 0 Å². The number of β-amino-alcohol motifs (C(OH)–C–C–N with tert-alkyl or cyclic N) is 1.